The molecule has 7 aromatic heterocycles. The molecule has 6 atom stereocenters. The molecule has 0 bridgehead atoms. The number of nitrogens with zero attached hydrogens (tertiary/aromatic N) is 14. The number of H-pyrrole nitrogens is 1. The molecule has 2 saturated carbocycles. The van der Waals surface area contributed by atoms with Crippen LogP contribution >= 0.6 is 0 Å². The van der Waals surface area contributed by atoms with Crippen LogP contribution in [0.2, 0.25) is 0 Å². The van der Waals surface area contributed by atoms with Crippen molar-refractivity contribution in [3.63, 3.8) is 0 Å². The molecule has 0 aromatic carbocycles. The molecule has 7 aromatic rings. The summed E-state index contributed by atoms with van der Waals surface area (Å²) in [4.78, 5) is 93.7. The number of aliphatic hydroxyl groups excluding tert-OH is 1. The summed E-state index contributed by atoms with van der Waals surface area (Å²) in [6.45, 7) is 18.2. The third-order valence-electron chi connectivity index (χ3n) is 22.6. The van der Waals surface area contributed by atoms with Gasteiger partial charge in [-0.05, 0) is 159 Å². The quantitative estimate of drug-likeness (QED) is 0.0294. The lowest BCUT2D eigenvalue weighted by Crippen LogP contribution is -2.53. The van der Waals surface area contributed by atoms with Gasteiger partial charge in [0.1, 0.15) is 76.8 Å². The lowest BCUT2D eigenvalue weighted by Gasteiger charge is -2.34. The lowest BCUT2D eigenvalue weighted by molar-refractivity contribution is 0.0444. The second kappa shape index (κ2) is 35.6. The maximum Gasteiger partial charge on any atom is 0.319 e. The Labute approximate surface area is 652 Å². The van der Waals surface area contributed by atoms with E-state index in [4.69, 9.17) is 43.9 Å². The number of amides is 3. The van der Waals surface area contributed by atoms with Crippen molar-refractivity contribution in [1.29, 1.82) is 5.26 Å². The van der Waals surface area contributed by atoms with E-state index in [1.54, 1.807) is 51.9 Å². The number of aliphatic hydroxyl groups is 1. The van der Waals surface area contributed by atoms with Crippen LogP contribution in [0.4, 0.5) is 21.8 Å². The molecule has 8 aliphatic rings. The zero-order chi connectivity index (χ0) is 78.8. The summed E-state index contributed by atoms with van der Waals surface area (Å²) in [5.41, 5.74) is 14.2. The van der Waals surface area contributed by atoms with Crippen molar-refractivity contribution in [2.24, 2.45) is 28.0 Å². The zero-order valence-electron chi connectivity index (χ0n) is 65.5. The molecule has 4 saturated heterocycles. The van der Waals surface area contributed by atoms with Gasteiger partial charge in [-0.3, -0.25) is 29.3 Å². The van der Waals surface area contributed by atoms with E-state index in [1.807, 2.05) is 59.9 Å². The van der Waals surface area contributed by atoms with Crippen LogP contribution in [0.25, 0.3) is 16.6 Å². The third kappa shape index (κ3) is 19.1. The van der Waals surface area contributed by atoms with Gasteiger partial charge in [-0.2, -0.15) is 35.2 Å². The number of carbonyl (C=O) groups is 3. The Morgan fingerprint density at radius 2 is 1.33 bits per heavy atom. The van der Waals surface area contributed by atoms with Crippen molar-refractivity contribution in [2.75, 3.05) is 102 Å². The molecule has 596 valence electrons. The number of pyridine rings is 3. The number of aromatic nitrogens is 10. The summed E-state index contributed by atoms with van der Waals surface area (Å²) < 4.78 is 53.5. The number of hydrogen-bond donors (Lipinski definition) is 6. The van der Waals surface area contributed by atoms with Crippen LogP contribution < -0.4 is 60.1 Å². The number of ether oxygens (including phenoxy) is 7. The highest BCUT2D eigenvalue weighted by molar-refractivity contribution is 6.07. The Balaban J connectivity index is 0.000000147. The number of allylic oxidation sites excluding steroid dienone is 2. The van der Waals surface area contributed by atoms with Gasteiger partial charge in [-0.25, -0.2) is 9.37 Å². The number of methoxy groups -OCH3 is 3. The molecule has 6 fully saturated rings. The van der Waals surface area contributed by atoms with E-state index in [2.05, 4.69) is 92.6 Å². The third-order valence-corrected chi connectivity index (χ3v) is 22.6. The predicted molar refractivity (Wildman–Crippen MR) is 418 cm³/mol. The molecule has 3 aliphatic carbocycles. The highest BCUT2D eigenvalue weighted by Crippen LogP contribution is 2.46. The van der Waals surface area contributed by atoms with Gasteiger partial charge in [0.15, 0.2) is 0 Å². The fourth-order valence-corrected chi connectivity index (χ4v) is 15.0. The molecule has 12 heterocycles. The fourth-order valence-electron chi connectivity index (χ4n) is 15.0. The number of fused-ring (bicyclic) bond motifs is 3. The summed E-state index contributed by atoms with van der Waals surface area (Å²) in [5, 5.41) is 29.0. The Morgan fingerprint density at radius 1 is 0.741 bits per heavy atom. The molecule has 112 heavy (non-hydrogen) atoms. The molecule has 15 rings (SSSR count). The molecule has 1 unspecified atom stereocenters. The molecule has 5 aliphatic heterocycles. The van der Waals surface area contributed by atoms with E-state index >= 15 is 0 Å². The molecule has 3 amide bonds. The molecule has 0 spiro atoms. The average molecular weight is 1540 g/mol. The highest BCUT2D eigenvalue weighted by atomic mass is 19.1. The number of halogens is 1. The summed E-state index contributed by atoms with van der Waals surface area (Å²) >= 11 is 0. The minimum atomic E-state index is -0.594. The molecule has 31 heteroatoms. The second-order valence-corrected chi connectivity index (χ2v) is 31.0. The smallest absolute Gasteiger partial charge is 0.319 e. The number of anilines is 3. The van der Waals surface area contributed by atoms with Gasteiger partial charge >= 0.3 is 18.0 Å². The summed E-state index contributed by atoms with van der Waals surface area (Å²) in [5.74, 6) is 3.36. The van der Waals surface area contributed by atoms with Crippen LogP contribution in [0.1, 0.15) is 190 Å². The van der Waals surface area contributed by atoms with Crippen molar-refractivity contribution >= 4 is 57.5 Å². The standard InChI is InChI=1S/C29H37N7O3.C27H34N6O5.C25H33FN6O3/c1-18(28(2,3)31)33-26(37)22-15-24(35-27(34-22)39-17-29(16-30)10-11-29)36-13-8-19(9-14-36)20-5-6-21-25(20)23(38-4)7-12-32-21;1-36-22-6-9-28-20-14-29-25(24(20)22)16-7-10-33(11-8-16)23-13-19(26(35)30-18-4-5-21(18)34)31-27(32-23)38-15-17-3-2-12-37-17;1-5-15(2)29-24(33)21-11-22(31-25(30-21)35-16(3)14-34-4)32-8-6-17(7-9-32)20-13-28-23-19(20)10-18(26)12-27-23/h5,7,12,15,18-19H,6,8-11,13-14,17,31H2,1-4H3,(H,33,37);6,9,13,16-18,21,34H,2-5,7-8,10-12,14-15H2,1H3,(H,30,35);10-13,15-17H,5-9,14H2,1-4H3,(H,27,28)(H,29,33)/t;17-,18+,21-;15-,16-/m.11/s1. The van der Waals surface area contributed by atoms with E-state index in [-0.39, 0.29) is 102 Å². The fraction of sp³-hybridized carbons (Fsp3) is 0.556. The van der Waals surface area contributed by atoms with E-state index in [0.29, 0.717) is 61.1 Å². The molecule has 0 radical (unpaired) electrons. The largest absolute Gasteiger partial charge is 0.496 e. The minimum Gasteiger partial charge on any atom is -0.496 e. The number of aliphatic imine (C=N–C) groups is 1. The minimum absolute atomic E-state index is 0.0157. The molecular weight excluding hydrogens is 1430 g/mol. The maximum atomic E-state index is 13.8. The number of nitrogens with two attached hydrogens (primary N) is 1. The van der Waals surface area contributed by atoms with E-state index in [0.717, 1.165) is 180 Å². The molecule has 7 N–H and O–H groups in total. The number of aromatic amines is 1. The number of rotatable bonds is 26. The van der Waals surface area contributed by atoms with Crippen LogP contribution in [0.15, 0.2) is 72.3 Å². The van der Waals surface area contributed by atoms with Gasteiger partial charge < -0.3 is 79.6 Å². The first-order chi connectivity index (χ1) is 54.1. The van der Waals surface area contributed by atoms with Gasteiger partial charge in [0.05, 0.1) is 86.0 Å². The number of hydrogen-bond acceptors (Lipinski definition) is 26. The first-order valence-corrected chi connectivity index (χ1v) is 39.3. The van der Waals surface area contributed by atoms with Crippen LogP contribution in [0.5, 0.6) is 29.5 Å². The van der Waals surface area contributed by atoms with Crippen molar-refractivity contribution in [3.8, 4) is 35.6 Å². The van der Waals surface area contributed by atoms with Crippen LogP contribution in [-0.2, 0) is 22.4 Å². The van der Waals surface area contributed by atoms with Gasteiger partial charge in [0.25, 0.3) is 17.7 Å². The number of piperidine rings is 3. The number of carbonyl (C=O) groups excluding carboxylic acids is 3. The van der Waals surface area contributed by atoms with Crippen LogP contribution in [0.3, 0.4) is 0 Å². The molecule has 30 nitrogen and oxygen atoms in total. The van der Waals surface area contributed by atoms with Gasteiger partial charge in [-0.1, -0.05) is 13.0 Å². The number of nitrogens with one attached hydrogen (secondary N) is 4. The van der Waals surface area contributed by atoms with E-state index in [9.17, 15) is 29.1 Å². The zero-order valence-corrected chi connectivity index (χ0v) is 65.5. The average Bonchev–Trinajstić information content (AvgIpc) is 1.78. The van der Waals surface area contributed by atoms with Crippen molar-refractivity contribution in [1.82, 2.24) is 65.8 Å². The van der Waals surface area contributed by atoms with E-state index < -0.39 is 17.1 Å². The van der Waals surface area contributed by atoms with E-state index in [1.165, 1.54) is 17.8 Å². The Bertz CT molecular complexity index is 4590. The maximum absolute atomic E-state index is 13.8. The van der Waals surface area contributed by atoms with Gasteiger partial charge in [0.2, 0.25) is 0 Å². The SMILES string of the molecule is CC[C@@H](C)NC(=O)c1cc(N2CCC(c3c[nH]c4ncc(F)cc34)CC2)nc(O[C@H](C)COC)n1.COc1ccnc2c1C(C1CCN(c3cc(C(=O)NC(C)C(C)(C)N)nc(OCC4(C#N)CC4)n3)CC1)=CC2.COc1ccnc2c1C(C1CCN(c3cc(C(=O)N[C@H]4CC[C@H]4O)nc(OC[C@H]4CCCO4)n3)CC1)=NC2. The normalized spacial score (nSPS) is 20.2. The van der Waals surface area contributed by atoms with Crippen LogP contribution in [0, 0.1) is 34.4 Å². The van der Waals surface area contributed by atoms with Crippen molar-refractivity contribution in [2.45, 2.75) is 186 Å². The first-order valence-electron chi connectivity index (χ1n) is 39.3. The predicted octanol–water partition coefficient (Wildman–Crippen LogP) is 9.00. The Kier molecular flexibility index (Phi) is 25.4. The topological polar surface area (TPSA) is 376 Å². The second-order valence-electron chi connectivity index (χ2n) is 31.0. The highest BCUT2D eigenvalue weighted by Gasteiger charge is 2.45. The van der Waals surface area contributed by atoms with Crippen LogP contribution in [-0.4, -0.2) is 207 Å². The summed E-state index contributed by atoms with van der Waals surface area (Å²) in [7, 11) is 4.99. The summed E-state index contributed by atoms with van der Waals surface area (Å²) in [6, 6.07) is 12.8. The Hall–Kier alpha value is -10.3. The lowest BCUT2D eigenvalue weighted by atomic mass is 9.86. The van der Waals surface area contributed by atoms with Gasteiger partial charge in [-0.15, -0.1) is 0 Å². The van der Waals surface area contributed by atoms with Gasteiger partial charge in [0, 0.05) is 131 Å². The molecular formula is C81H104FN19O11. The monoisotopic (exact) mass is 1540 g/mol. The van der Waals surface area contributed by atoms with Crippen molar-refractivity contribution < 1.29 is 57.0 Å². The Morgan fingerprint density at radius 3 is 1.90 bits per heavy atom. The summed E-state index contributed by atoms with van der Waals surface area (Å²) in [6.07, 6.45) is 20.3. The first kappa shape index (κ1) is 79.8. The van der Waals surface area contributed by atoms with Crippen molar-refractivity contribution in [3.05, 3.63) is 118 Å². The number of nitriles is 1.